The van der Waals surface area contributed by atoms with Crippen LogP contribution < -0.4 is 9.64 Å². The second kappa shape index (κ2) is 10.8. The zero-order valence-electron chi connectivity index (χ0n) is 23.8. The number of hydrogen-bond donors (Lipinski definition) is 1. The summed E-state index contributed by atoms with van der Waals surface area (Å²) in [7, 11) is 1.19. The van der Waals surface area contributed by atoms with Gasteiger partial charge in [-0.25, -0.2) is 26.9 Å². The molecule has 1 saturated carbocycles. The van der Waals surface area contributed by atoms with Gasteiger partial charge in [-0.3, -0.25) is 24.1 Å². The Hall–Kier alpha value is -3.42. The molecule has 244 valence electrons. The molecule has 1 N–H and O–H groups in total. The highest BCUT2D eigenvalue weighted by Crippen LogP contribution is 2.66. The van der Waals surface area contributed by atoms with Crippen molar-refractivity contribution >= 4 is 64.1 Å². The number of rotatable bonds is 5. The number of hydrogen-bond acceptors (Lipinski definition) is 6. The van der Waals surface area contributed by atoms with Crippen molar-refractivity contribution in [2.75, 3.05) is 18.6 Å². The molecule has 2 aliphatic heterocycles. The summed E-state index contributed by atoms with van der Waals surface area (Å²) in [5, 5.41) is 10.1. The van der Waals surface area contributed by atoms with E-state index >= 15 is 8.78 Å². The molecule has 6 atom stereocenters. The summed E-state index contributed by atoms with van der Waals surface area (Å²) in [6.45, 7) is 1.87. The van der Waals surface area contributed by atoms with Gasteiger partial charge in [0.1, 0.15) is 5.69 Å². The number of imide groups is 2. The van der Waals surface area contributed by atoms with Crippen molar-refractivity contribution in [3.8, 4) is 11.5 Å². The van der Waals surface area contributed by atoms with Crippen LogP contribution in [-0.2, 0) is 19.2 Å². The predicted octanol–water partition coefficient (Wildman–Crippen LogP) is 5.72. The van der Waals surface area contributed by atoms with E-state index < -0.39 is 104 Å². The molecule has 2 aromatic carbocycles. The summed E-state index contributed by atoms with van der Waals surface area (Å²) in [6.07, 6.45) is 1.39. The van der Waals surface area contributed by atoms with Crippen LogP contribution in [0.25, 0.3) is 0 Å². The number of phenols is 1. The first-order valence-corrected chi connectivity index (χ1v) is 15.1. The molecule has 8 nitrogen and oxygen atoms in total. The van der Waals surface area contributed by atoms with Crippen molar-refractivity contribution in [1.82, 2.24) is 4.90 Å². The van der Waals surface area contributed by atoms with Gasteiger partial charge in [0, 0.05) is 12.5 Å². The minimum absolute atomic E-state index is 0.00308. The van der Waals surface area contributed by atoms with Crippen molar-refractivity contribution in [2.24, 2.45) is 17.8 Å². The lowest BCUT2D eigenvalue weighted by Gasteiger charge is -2.50. The standard InChI is InChI=1S/C30H22Cl3F5N2O6/c1-3-6-39-25(42)12-5-4-11-13(16(12)26(39)43)9-29(32)27(44)40(23-21(37)19(35)18(34)20(36)22(23)38)28(45)30(29,33)17(11)10-7-14(31)24(41)15(8-10)46-2/h4,7-8,12-13,16-17,41H,3,5-6,9H2,1-2H3/t12-,13+,16-,17-,29+,30-/m0/s1. The third kappa shape index (κ3) is 3.97. The Morgan fingerprint density at radius 2 is 1.54 bits per heavy atom. The molecule has 0 radical (unpaired) electrons. The van der Waals surface area contributed by atoms with Crippen molar-refractivity contribution in [1.29, 1.82) is 0 Å². The average molecular weight is 708 g/mol. The average Bonchev–Trinajstić information content (AvgIpc) is 3.35. The zero-order valence-corrected chi connectivity index (χ0v) is 26.0. The smallest absolute Gasteiger partial charge is 0.258 e. The van der Waals surface area contributed by atoms with Gasteiger partial charge in [-0.15, -0.1) is 23.2 Å². The molecule has 3 fully saturated rings. The number of methoxy groups -OCH3 is 1. The first kappa shape index (κ1) is 32.5. The van der Waals surface area contributed by atoms with Gasteiger partial charge in [0.2, 0.25) is 17.6 Å². The highest BCUT2D eigenvalue weighted by molar-refractivity contribution is 6.58. The number of phenolic OH excluding ortho intramolecular Hbond substituents is 1. The summed E-state index contributed by atoms with van der Waals surface area (Å²) < 4.78 is 78.0. The zero-order chi connectivity index (χ0) is 33.8. The van der Waals surface area contributed by atoms with E-state index in [1.807, 2.05) is 0 Å². The van der Waals surface area contributed by atoms with E-state index in [9.17, 15) is 37.5 Å². The Morgan fingerprint density at radius 1 is 0.935 bits per heavy atom. The summed E-state index contributed by atoms with van der Waals surface area (Å²) in [5.74, 6) is -21.9. The third-order valence-corrected chi connectivity index (χ3v) is 11.1. The van der Waals surface area contributed by atoms with Gasteiger partial charge in [0.15, 0.2) is 44.5 Å². The van der Waals surface area contributed by atoms with E-state index in [2.05, 4.69) is 0 Å². The number of ether oxygens (including phenoxy) is 1. The summed E-state index contributed by atoms with van der Waals surface area (Å²) in [6, 6.07) is 2.39. The lowest BCUT2D eigenvalue weighted by molar-refractivity contribution is -0.140. The Kier molecular flexibility index (Phi) is 7.64. The Labute approximate surface area is 272 Å². The van der Waals surface area contributed by atoms with E-state index in [4.69, 9.17) is 39.5 Å². The number of carbonyl (C=O) groups is 4. The fourth-order valence-corrected chi connectivity index (χ4v) is 8.52. The fourth-order valence-electron chi connectivity index (χ4n) is 7.37. The Balaban J connectivity index is 1.62. The first-order chi connectivity index (χ1) is 21.6. The number of fused-ring (bicyclic) bond motifs is 4. The molecule has 2 aliphatic carbocycles. The molecule has 6 rings (SSSR count). The molecule has 2 saturated heterocycles. The fraction of sp³-hybridized carbons (Fsp3) is 0.400. The molecule has 0 bridgehead atoms. The first-order valence-electron chi connectivity index (χ1n) is 14.0. The number of anilines is 1. The SMILES string of the molecule is CCCN1C(=O)[C@H]2[C@H](CC=C3[C@H]2C[C@@]2(Cl)C(=O)N(c4c(F)c(F)c(F)c(F)c4F)C(=O)[C@@]2(Cl)[C@H]3c2cc(Cl)c(O)c(OC)c2)C1=O. The Morgan fingerprint density at radius 3 is 2.13 bits per heavy atom. The molecular weight excluding hydrogens is 686 g/mol. The molecule has 46 heavy (non-hydrogen) atoms. The van der Waals surface area contributed by atoms with Crippen LogP contribution in [0.3, 0.4) is 0 Å². The number of amides is 4. The highest BCUT2D eigenvalue weighted by Gasteiger charge is 2.77. The van der Waals surface area contributed by atoms with Crippen molar-refractivity contribution in [3.63, 3.8) is 0 Å². The lowest BCUT2D eigenvalue weighted by atomic mass is 9.56. The van der Waals surface area contributed by atoms with Crippen molar-refractivity contribution in [3.05, 3.63) is 63.5 Å². The minimum Gasteiger partial charge on any atom is -0.503 e. The van der Waals surface area contributed by atoms with Crippen LogP contribution in [0.5, 0.6) is 11.5 Å². The van der Waals surface area contributed by atoms with Crippen LogP contribution >= 0.6 is 34.8 Å². The number of aromatic hydroxyl groups is 1. The normalized spacial score (nSPS) is 30.4. The van der Waals surface area contributed by atoms with Crippen molar-refractivity contribution < 1.29 is 51.0 Å². The van der Waals surface area contributed by atoms with Crippen LogP contribution in [0.4, 0.5) is 27.6 Å². The summed E-state index contributed by atoms with van der Waals surface area (Å²) >= 11 is 20.4. The van der Waals surface area contributed by atoms with Gasteiger partial charge in [-0.05, 0) is 42.9 Å². The molecule has 0 unspecified atom stereocenters. The van der Waals surface area contributed by atoms with Crippen LogP contribution in [-0.4, -0.2) is 57.0 Å². The number of nitrogens with zero attached hydrogens (tertiary/aromatic N) is 2. The molecule has 2 heterocycles. The monoisotopic (exact) mass is 706 g/mol. The molecule has 0 aromatic heterocycles. The maximum atomic E-state index is 15.1. The molecular formula is C30H22Cl3F5N2O6. The number of allylic oxidation sites excluding steroid dienone is 2. The Bertz CT molecular complexity index is 1780. The molecule has 16 heteroatoms. The number of carbonyl (C=O) groups excluding carboxylic acids is 4. The molecule has 4 amide bonds. The van der Waals surface area contributed by atoms with Gasteiger partial charge in [0.05, 0.1) is 24.0 Å². The van der Waals surface area contributed by atoms with Gasteiger partial charge in [-0.2, -0.15) is 0 Å². The highest BCUT2D eigenvalue weighted by atomic mass is 35.5. The summed E-state index contributed by atoms with van der Waals surface area (Å²) in [5.41, 5.74) is -1.63. The van der Waals surface area contributed by atoms with E-state index in [0.717, 1.165) is 4.90 Å². The maximum absolute atomic E-state index is 15.1. The van der Waals surface area contributed by atoms with Crippen molar-refractivity contribution in [2.45, 2.75) is 41.9 Å². The predicted molar refractivity (Wildman–Crippen MR) is 153 cm³/mol. The van der Waals surface area contributed by atoms with Crippen LogP contribution in [0.15, 0.2) is 23.8 Å². The number of halogens is 8. The molecule has 4 aliphatic rings. The van der Waals surface area contributed by atoms with Gasteiger partial charge >= 0.3 is 0 Å². The van der Waals surface area contributed by atoms with Crippen LogP contribution in [0.2, 0.25) is 5.02 Å². The minimum atomic E-state index is -2.72. The van der Waals surface area contributed by atoms with E-state index in [1.165, 1.54) is 19.2 Å². The molecule has 2 aromatic rings. The number of alkyl halides is 2. The third-order valence-electron chi connectivity index (χ3n) is 9.36. The van der Waals surface area contributed by atoms with Crippen LogP contribution in [0.1, 0.15) is 37.7 Å². The quantitative estimate of drug-likeness (QED) is 0.107. The number of benzene rings is 2. The number of likely N-dealkylation sites (tertiary alicyclic amines) is 1. The van der Waals surface area contributed by atoms with E-state index in [0.29, 0.717) is 6.42 Å². The second-order valence-corrected chi connectivity index (χ2v) is 13.2. The van der Waals surface area contributed by atoms with Crippen LogP contribution in [0, 0.1) is 46.8 Å². The van der Waals surface area contributed by atoms with Gasteiger partial charge < -0.3 is 9.84 Å². The van der Waals surface area contributed by atoms with E-state index in [-0.39, 0.29) is 39.8 Å². The van der Waals surface area contributed by atoms with Gasteiger partial charge in [-0.1, -0.05) is 30.2 Å². The molecule has 0 spiro atoms. The second-order valence-electron chi connectivity index (χ2n) is 11.6. The van der Waals surface area contributed by atoms with Gasteiger partial charge in [0.25, 0.3) is 11.8 Å². The lowest BCUT2D eigenvalue weighted by Crippen LogP contribution is -2.60. The maximum Gasteiger partial charge on any atom is 0.258 e. The largest absolute Gasteiger partial charge is 0.503 e. The van der Waals surface area contributed by atoms with E-state index in [1.54, 1.807) is 13.0 Å². The topological polar surface area (TPSA) is 104 Å². The summed E-state index contributed by atoms with van der Waals surface area (Å²) in [4.78, 5) is 50.8.